The zero-order valence-electron chi connectivity index (χ0n) is 16.2. The predicted molar refractivity (Wildman–Crippen MR) is 108 cm³/mol. The Morgan fingerprint density at radius 2 is 1.92 bits per heavy atom. The molecule has 1 heterocycles. The van der Waals surface area contributed by atoms with Crippen LogP contribution in [0.25, 0.3) is 0 Å². The number of benzene rings is 2. The zero-order chi connectivity index (χ0) is 18.6. The topological polar surface area (TPSA) is 41.5 Å². The molecule has 2 aromatic carbocycles. The van der Waals surface area contributed by atoms with Crippen molar-refractivity contribution in [2.75, 3.05) is 19.0 Å². The molecule has 1 aliphatic rings. The van der Waals surface area contributed by atoms with Crippen molar-refractivity contribution < 1.29 is 9.84 Å². The van der Waals surface area contributed by atoms with Gasteiger partial charge >= 0.3 is 0 Å². The minimum atomic E-state index is -0.477. The molecule has 1 aliphatic heterocycles. The van der Waals surface area contributed by atoms with Gasteiger partial charge in [0.05, 0.1) is 12.7 Å². The number of anilines is 1. The lowest BCUT2D eigenvalue weighted by Crippen LogP contribution is -2.42. The molecule has 3 nitrogen and oxygen atoms in total. The van der Waals surface area contributed by atoms with Crippen LogP contribution in [0.2, 0.25) is 0 Å². The third-order valence-corrected chi connectivity index (χ3v) is 5.98. The summed E-state index contributed by atoms with van der Waals surface area (Å²) in [6, 6.07) is 16.6. The molecule has 0 aliphatic carbocycles. The van der Waals surface area contributed by atoms with Gasteiger partial charge in [0.15, 0.2) is 0 Å². The summed E-state index contributed by atoms with van der Waals surface area (Å²) in [4.78, 5) is 0. The second-order valence-corrected chi connectivity index (χ2v) is 7.44. The fraction of sp³-hybridized carbons (Fsp3) is 0.478. The van der Waals surface area contributed by atoms with Gasteiger partial charge < -0.3 is 15.2 Å². The van der Waals surface area contributed by atoms with Gasteiger partial charge in [-0.2, -0.15) is 0 Å². The van der Waals surface area contributed by atoms with Crippen LogP contribution in [0.4, 0.5) is 5.69 Å². The third kappa shape index (κ3) is 3.45. The Balaban J connectivity index is 2.13. The molecule has 0 aromatic heterocycles. The van der Waals surface area contributed by atoms with Crippen molar-refractivity contribution in [3.8, 4) is 5.75 Å². The van der Waals surface area contributed by atoms with E-state index in [0.29, 0.717) is 6.61 Å². The van der Waals surface area contributed by atoms with E-state index in [4.69, 9.17) is 4.74 Å². The number of aliphatic hydroxyl groups is 1. The molecule has 0 unspecified atom stereocenters. The summed E-state index contributed by atoms with van der Waals surface area (Å²) in [5.74, 6) is 0.808. The normalized spacial score (nSPS) is 25.1. The van der Waals surface area contributed by atoms with Gasteiger partial charge in [-0.3, -0.25) is 0 Å². The van der Waals surface area contributed by atoms with Gasteiger partial charge in [0.2, 0.25) is 0 Å². The van der Waals surface area contributed by atoms with E-state index in [1.165, 1.54) is 0 Å². The summed E-state index contributed by atoms with van der Waals surface area (Å²) in [6.07, 6.45) is 3.64. The number of fused-ring (bicyclic) bond motifs is 1. The number of rotatable bonds is 6. The number of ether oxygens (including phenoxy) is 1. The molecule has 2 N–H and O–H groups in total. The van der Waals surface area contributed by atoms with Gasteiger partial charge in [-0.1, -0.05) is 57.0 Å². The maximum absolute atomic E-state index is 11.6. The summed E-state index contributed by atoms with van der Waals surface area (Å²) in [5, 5.41) is 14.9. The van der Waals surface area contributed by atoms with E-state index >= 15 is 0 Å². The Kier molecular flexibility index (Phi) is 5.87. The molecule has 140 valence electrons. The van der Waals surface area contributed by atoms with Crippen molar-refractivity contribution in [2.24, 2.45) is 5.41 Å². The van der Waals surface area contributed by atoms with Crippen LogP contribution in [0.1, 0.15) is 56.6 Å². The second-order valence-electron chi connectivity index (χ2n) is 7.44. The van der Waals surface area contributed by atoms with Gasteiger partial charge in [0.1, 0.15) is 5.75 Å². The average molecular weight is 354 g/mol. The van der Waals surface area contributed by atoms with Crippen LogP contribution in [-0.2, 0) is 0 Å². The monoisotopic (exact) mass is 353 g/mol. The minimum absolute atomic E-state index is 0.0844. The van der Waals surface area contributed by atoms with Crippen molar-refractivity contribution in [1.29, 1.82) is 0 Å². The summed E-state index contributed by atoms with van der Waals surface area (Å²) < 4.78 is 6.29. The number of hydrogen-bond donors (Lipinski definition) is 2. The molecule has 0 saturated carbocycles. The second kappa shape index (κ2) is 8.13. The summed E-state index contributed by atoms with van der Waals surface area (Å²) >= 11 is 0. The molecule has 0 saturated heterocycles. The molecule has 3 atom stereocenters. The number of nitrogens with one attached hydrogen (secondary N) is 1. The van der Waals surface area contributed by atoms with Crippen molar-refractivity contribution in [2.45, 2.75) is 51.6 Å². The number of unbranched alkanes of at least 4 members (excludes halogenated alkanes) is 1. The highest BCUT2D eigenvalue weighted by Crippen LogP contribution is 2.48. The van der Waals surface area contributed by atoms with Gasteiger partial charge in [0.25, 0.3) is 0 Å². The molecule has 3 heteroatoms. The average Bonchev–Trinajstić information content (AvgIpc) is 2.81. The van der Waals surface area contributed by atoms with E-state index in [0.717, 1.165) is 48.2 Å². The van der Waals surface area contributed by atoms with Gasteiger partial charge in [-0.15, -0.1) is 0 Å². The van der Waals surface area contributed by atoms with Crippen LogP contribution in [0.3, 0.4) is 0 Å². The fourth-order valence-electron chi connectivity index (χ4n) is 4.17. The molecule has 0 bridgehead atoms. The third-order valence-electron chi connectivity index (χ3n) is 5.98. The van der Waals surface area contributed by atoms with Gasteiger partial charge in [0, 0.05) is 29.6 Å². The summed E-state index contributed by atoms with van der Waals surface area (Å²) in [7, 11) is 1.92. The lowest BCUT2D eigenvalue weighted by atomic mass is 9.69. The van der Waals surface area contributed by atoms with Crippen LogP contribution >= 0.6 is 0 Å². The molecular formula is C23H31NO2. The SMILES string of the molecule is CCCC[C@]1(CC)COc2ccc(NC)cc2[C@@H](c2ccccc2)[C@H]1O. The Hall–Kier alpha value is -2.00. The summed E-state index contributed by atoms with van der Waals surface area (Å²) in [5.41, 5.74) is 3.03. The van der Waals surface area contributed by atoms with Gasteiger partial charge in [-0.25, -0.2) is 0 Å². The number of aliphatic hydroxyl groups excluding tert-OH is 1. The van der Waals surface area contributed by atoms with Crippen LogP contribution in [0.15, 0.2) is 48.5 Å². The van der Waals surface area contributed by atoms with Crippen LogP contribution in [0, 0.1) is 5.41 Å². The largest absolute Gasteiger partial charge is 0.493 e. The minimum Gasteiger partial charge on any atom is -0.493 e. The van der Waals surface area contributed by atoms with Crippen LogP contribution in [0.5, 0.6) is 5.75 Å². The summed E-state index contributed by atoms with van der Waals surface area (Å²) in [6.45, 7) is 4.95. The zero-order valence-corrected chi connectivity index (χ0v) is 16.2. The number of hydrogen-bond acceptors (Lipinski definition) is 3. The maximum atomic E-state index is 11.6. The fourth-order valence-corrected chi connectivity index (χ4v) is 4.17. The van der Waals surface area contributed by atoms with Crippen LogP contribution < -0.4 is 10.1 Å². The van der Waals surface area contributed by atoms with Gasteiger partial charge in [-0.05, 0) is 36.6 Å². The van der Waals surface area contributed by atoms with Crippen LogP contribution in [-0.4, -0.2) is 24.9 Å². The lowest BCUT2D eigenvalue weighted by Gasteiger charge is -2.39. The van der Waals surface area contributed by atoms with Crippen molar-refractivity contribution in [3.63, 3.8) is 0 Å². The predicted octanol–water partition coefficient (Wildman–Crippen LogP) is 5.20. The van der Waals surface area contributed by atoms with Crippen molar-refractivity contribution in [3.05, 3.63) is 59.7 Å². The highest BCUT2D eigenvalue weighted by atomic mass is 16.5. The van der Waals surface area contributed by atoms with Crippen molar-refractivity contribution in [1.82, 2.24) is 0 Å². The van der Waals surface area contributed by atoms with E-state index in [1.54, 1.807) is 0 Å². The highest BCUT2D eigenvalue weighted by Gasteiger charge is 2.45. The standard InChI is InChI=1S/C23H31NO2/c1-4-6-14-23(5-2)16-26-20-13-12-18(24-3)15-19(20)21(22(23)25)17-10-8-7-9-11-17/h7-13,15,21-22,24-25H,4-6,14,16H2,1-3H3/t21-,22-,23-/m1/s1. The highest BCUT2D eigenvalue weighted by molar-refractivity contribution is 5.55. The maximum Gasteiger partial charge on any atom is 0.123 e. The first kappa shape index (κ1) is 18.8. The molecular weight excluding hydrogens is 322 g/mol. The smallest absolute Gasteiger partial charge is 0.123 e. The molecule has 3 rings (SSSR count). The Morgan fingerprint density at radius 1 is 1.15 bits per heavy atom. The molecule has 0 fully saturated rings. The van der Waals surface area contributed by atoms with E-state index in [-0.39, 0.29) is 11.3 Å². The van der Waals surface area contributed by atoms with E-state index in [9.17, 15) is 5.11 Å². The van der Waals surface area contributed by atoms with E-state index in [2.05, 4.69) is 49.5 Å². The lowest BCUT2D eigenvalue weighted by molar-refractivity contribution is -0.0210. The van der Waals surface area contributed by atoms with E-state index < -0.39 is 6.10 Å². The first-order valence-corrected chi connectivity index (χ1v) is 9.82. The Morgan fingerprint density at radius 3 is 2.58 bits per heavy atom. The Labute approximate surface area is 157 Å². The molecule has 26 heavy (non-hydrogen) atoms. The molecule has 0 spiro atoms. The van der Waals surface area contributed by atoms with Crippen molar-refractivity contribution >= 4 is 5.69 Å². The first-order valence-electron chi connectivity index (χ1n) is 9.82. The molecule has 0 radical (unpaired) electrons. The quantitative estimate of drug-likeness (QED) is 0.750. The molecule has 2 aromatic rings. The first-order chi connectivity index (χ1) is 12.6. The molecule has 0 amide bonds. The Bertz CT molecular complexity index is 715. The van der Waals surface area contributed by atoms with E-state index in [1.807, 2.05) is 25.2 Å².